The molecule has 1 atom stereocenters. The van der Waals surface area contributed by atoms with Crippen LogP contribution in [0.5, 0.6) is 5.75 Å². The molecule has 0 saturated heterocycles. The number of hydrogen-bond donors (Lipinski definition) is 2. The van der Waals surface area contributed by atoms with Gasteiger partial charge in [0.25, 0.3) is 0 Å². The van der Waals surface area contributed by atoms with E-state index in [0.717, 1.165) is 5.56 Å². The van der Waals surface area contributed by atoms with E-state index in [1.165, 1.54) is 13.2 Å². The molecule has 18 heavy (non-hydrogen) atoms. The lowest BCUT2D eigenvalue weighted by molar-refractivity contribution is 0.410. The SMILES string of the molecule is COc1ccc(C(NN)c2ccoc2C)c(F)c1. The van der Waals surface area contributed by atoms with E-state index in [-0.39, 0.29) is 5.82 Å². The topological polar surface area (TPSA) is 60.4 Å². The summed E-state index contributed by atoms with van der Waals surface area (Å²) in [6.45, 7) is 1.81. The molecule has 0 spiro atoms. The lowest BCUT2D eigenvalue weighted by atomic mass is 9.99. The second-order valence-corrected chi connectivity index (χ2v) is 3.92. The van der Waals surface area contributed by atoms with Crippen LogP contribution in [0.3, 0.4) is 0 Å². The van der Waals surface area contributed by atoms with Crippen molar-refractivity contribution in [1.82, 2.24) is 5.43 Å². The van der Waals surface area contributed by atoms with Crippen LogP contribution in [0, 0.1) is 12.7 Å². The van der Waals surface area contributed by atoms with Crippen molar-refractivity contribution in [2.24, 2.45) is 5.84 Å². The van der Waals surface area contributed by atoms with Crippen LogP contribution in [-0.2, 0) is 0 Å². The second-order valence-electron chi connectivity index (χ2n) is 3.92. The summed E-state index contributed by atoms with van der Waals surface area (Å²) in [6, 6.07) is 5.98. The van der Waals surface area contributed by atoms with Crippen LogP contribution in [-0.4, -0.2) is 7.11 Å². The van der Waals surface area contributed by atoms with Gasteiger partial charge in [-0.2, -0.15) is 0 Å². The summed E-state index contributed by atoms with van der Waals surface area (Å²) in [5, 5.41) is 0. The number of hydrazine groups is 1. The zero-order valence-electron chi connectivity index (χ0n) is 10.2. The van der Waals surface area contributed by atoms with Crippen LogP contribution >= 0.6 is 0 Å². The Morgan fingerprint density at radius 1 is 1.33 bits per heavy atom. The number of hydrogen-bond acceptors (Lipinski definition) is 4. The first-order chi connectivity index (χ1) is 8.67. The minimum atomic E-state index is -0.449. The first-order valence-corrected chi connectivity index (χ1v) is 5.51. The van der Waals surface area contributed by atoms with Gasteiger partial charge in [0.1, 0.15) is 17.3 Å². The Kier molecular flexibility index (Phi) is 3.64. The third-order valence-electron chi connectivity index (χ3n) is 2.90. The molecule has 2 aromatic rings. The maximum Gasteiger partial charge on any atom is 0.132 e. The first kappa shape index (κ1) is 12.6. The number of ether oxygens (including phenoxy) is 1. The van der Waals surface area contributed by atoms with E-state index in [2.05, 4.69) is 5.43 Å². The number of benzene rings is 1. The van der Waals surface area contributed by atoms with Crippen molar-refractivity contribution in [3.8, 4) is 5.75 Å². The Bertz CT molecular complexity index is 540. The van der Waals surface area contributed by atoms with E-state index in [9.17, 15) is 4.39 Å². The Labute approximate surface area is 105 Å². The van der Waals surface area contributed by atoms with Crippen molar-refractivity contribution < 1.29 is 13.5 Å². The predicted molar refractivity (Wildman–Crippen MR) is 65.6 cm³/mol. The molecule has 0 fully saturated rings. The lowest BCUT2D eigenvalue weighted by Gasteiger charge is -2.17. The maximum atomic E-state index is 14.0. The summed E-state index contributed by atoms with van der Waals surface area (Å²) >= 11 is 0. The lowest BCUT2D eigenvalue weighted by Crippen LogP contribution is -2.29. The molecule has 0 aliphatic heterocycles. The number of methoxy groups -OCH3 is 1. The smallest absolute Gasteiger partial charge is 0.132 e. The van der Waals surface area contributed by atoms with Crippen molar-refractivity contribution >= 4 is 0 Å². The highest BCUT2D eigenvalue weighted by Crippen LogP contribution is 2.28. The minimum Gasteiger partial charge on any atom is -0.497 e. The first-order valence-electron chi connectivity index (χ1n) is 5.51. The minimum absolute atomic E-state index is 0.377. The highest BCUT2D eigenvalue weighted by atomic mass is 19.1. The molecule has 0 bridgehead atoms. The summed E-state index contributed by atoms with van der Waals surface area (Å²) in [5.41, 5.74) is 3.85. The molecule has 1 aromatic carbocycles. The molecule has 3 N–H and O–H groups in total. The van der Waals surface area contributed by atoms with E-state index >= 15 is 0 Å². The molecular weight excluding hydrogens is 235 g/mol. The molecule has 1 aromatic heterocycles. The summed E-state index contributed by atoms with van der Waals surface area (Å²) in [7, 11) is 1.49. The predicted octanol–water partition coefficient (Wildman–Crippen LogP) is 2.29. The number of nitrogens with one attached hydrogen (secondary N) is 1. The monoisotopic (exact) mass is 250 g/mol. The number of furan rings is 1. The van der Waals surface area contributed by atoms with Crippen LogP contribution in [0.4, 0.5) is 4.39 Å². The Hall–Kier alpha value is -1.85. The van der Waals surface area contributed by atoms with Gasteiger partial charge in [-0.3, -0.25) is 5.84 Å². The van der Waals surface area contributed by atoms with Gasteiger partial charge in [0.2, 0.25) is 0 Å². The van der Waals surface area contributed by atoms with E-state index in [0.29, 0.717) is 17.1 Å². The van der Waals surface area contributed by atoms with Crippen LogP contribution in [0.15, 0.2) is 34.9 Å². The number of halogens is 1. The van der Waals surface area contributed by atoms with Crippen molar-refractivity contribution in [2.45, 2.75) is 13.0 Å². The number of aryl methyl sites for hydroxylation is 1. The fourth-order valence-electron chi connectivity index (χ4n) is 1.91. The largest absolute Gasteiger partial charge is 0.497 e. The molecule has 1 unspecified atom stereocenters. The molecule has 0 aliphatic carbocycles. The van der Waals surface area contributed by atoms with Gasteiger partial charge >= 0.3 is 0 Å². The molecule has 96 valence electrons. The molecule has 0 radical (unpaired) electrons. The van der Waals surface area contributed by atoms with Crippen LogP contribution in [0.25, 0.3) is 0 Å². The zero-order chi connectivity index (χ0) is 13.1. The van der Waals surface area contributed by atoms with E-state index < -0.39 is 6.04 Å². The summed E-state index contributed by atoms with van der Waals surface area (Å²) in [4.78, 5) is 0. The summed E-state index contributed by atoms with van der Waals surface area (Å²) in [6.07, 6.45) is 1.55. The molecule has 0 amide bonds. The van der Waals surface area contributed by atoms with Crippen molar-refractivity contribution in [3.63, 3.8) is 0 Å². The summed E-state index contributed by atoms with van der Waals surface area (Å²) in [5.74, 6) is 6.31. The molecule has 0 aliphatic rings. The van der Waals surface area contributed by atoms with Gasteiger partial charge in [0.15, 0.2) is 0 Å². The Balaban J connectivity index is 2.42. The van der Waals surface area contributed by atoms with Crippen molar-refractivity contribution in [1.29, 1.82) is 0 Å². The second kappa shape index (κ2) is 5.20. The van der Waals surface area contributed by atoms with E-state index in [1.54, 1.807) is 31.4 Å². The molecule has 5 heteroatoms. The van der Waals surface area contributed by atoms with Gasteiger partial charge in [-0.05, 0) is 19.1 Å². The fourth-order valence-corrected chi connectivity index (χ4v) is 1.91. The van der Waals surface area contributed by atoms with Gasteiger partial charge < -0.3 is 9.15 Å². The molecule has 0 saturated carbocycles. The Morgan fingerprint density at radius 2 is 2.11 bits per heavy atom. The quantitative estimate of drug-likeness (QED) is 0.645. The summed E-state index contributed by atoms with van der Waals surface area (Å²) < 4.78 is 24.2. The van der Waals surface area contributed by atoms with Gasteiger partial charge in [-0.1, -0.05) is 6.07 Å². The van der Waals surface area contributed by atoms with Gasteiger partial charge in [0, 0.05) is 17.2 Å². The molecule has 2 rings (SSSR count). The number of nitrogens with two attached hydrogens (primary N) is 1. The highest BCUT2D eigenvalue weighted by molar-refractivity contribution is 5.37. The molecule has 1 heterocycles. The van der Waals surface area contributed by atoms with Gasteiger partial charge in [-0.15, -0.1) is 0 Å². The van der Waals surface area contributed by atoms with Crippen LogP contribution in [0.2, 0.25) is 0 Å². The average Bonchev–Trinajstić information content (AvgIpc) is 2.78. The van der Waals surface area contributed by atoms with Crippen molar-refractivity contribution in [3.05, 3.63) is 53.2 Å². The van der Waals surface area contributed by atoms with Gasteiger partial charge in [0.05, 0.1) is 19.4 Å². The normalized spacial score (nSPS) is 12.4. The van der Waals surface area contributed by atoms with E-state index in [1.807, 2.05) is 0 Å². The third kappa shape index (κ3) is 2.23. The zero-order valence-corrected chi connectivity index (χ0v) is 10.2. The van der Waals surface area contributed by atoms with Crippen LogP contribution in [0.1, 0.15) is 22.9 Å². The Morgan fingerprint density at radius 3 is 2.61 bits per heavy atom. The van der Waals surface area contributed by atoms with E-state index in [4.69, 9.17) is 15.0 Å². The third-order valence-corrected chi connectivity index (χ3v) is 2.90. The molecular formula is C13H15FN2O2. The average molecular weight is 250 g/mol. The van der Waals surface area contributed by atoms with Gasteiger partial charge in [-0.25, -0.2) is 9.82 Å². The highest BCUT2D eigenvalue weighted by Gasteiger charge is 2.20. The molecule has 4 nitrogen and oxygen atoms in total. The standard InChI is InChI=1S/C13H15FN2O2/c1-8-10(5-6-18-8)13(16-15)11-4-3-9(17-2)7-12(11)14/h3-7,13,16H,15H2,1-2H3. The van der Waals surface area contributed by atoms with Crippen LogP contribution < -0.4 is 16.0 Å². The maximum absolute atomic E-state index is 14.0. The fraction of sp³-hybridized carbons (Fsp3) is 0.231. The number of rotatable bonds is 4. The van der Waals surface area contributed by atoms with Crippen molar-refractivity contribution in [2.75, 3.05) is 7.11 Å².